The van der Waals surface area contributed by atoms with Crippen molar-refractivity contribution in [1.29, 1.82) is 0 Å². The molecule has 0 fully saturated rings. The molecular formula is C20H27FN2O2. The van der Waals surface area contributed by atoms with Crippen molar-refractivity contribution >= 4 is 0 Å². The van der Waals surface area contributed by atoms with E-state index in [1.54, 1.807) is 12.1 Å². The van der Waals surface area contributed by atoms with Gasteiger partial charge in [0, 0.05) is 26.2 Å². The zero-order chi connectivity index (χ0) is 18.1. The van der Waals surface area contributed by atoms with Crippen LogP contribution in [-0.4, -0.2) is 61.3 Å². The molecule has 2 aromatic carbocycles. The number of ether oxygens (including phenoxy) is 1. The molecule has 136 valence electrons. The summed E-state index contributed by atoms with van der Waals surface area (Å²) in [7, 11) is 3.96. The predicted octanol–water partition coefficient (Wildman–Crippen LogP) is 2.63. The van der Waals surface area contributed by atoms with Gasteiger partial charge in [-0.3, -0.25) is 4.90 Å². The maximum atomic E-state index is 12.8. The van der Waals surface area contributed by atoms with E-state index in [0.717, 1.165) is 6.54 Å². The molecule has 1 atom stereocenters. The largest absolute Gasteiger partial charge is 0.492 e. The second-order valence-corrected chi connectivity index (χ2v) is 6.40. The van der Waals surface area contributed by atoms with Crippen molar-refractivity contribution in [1.82, 2.24) is 9.80 Å². The maximum Gasteiger partial charge on any atom is 0.123 e. The fraction of sp³-hybridized carbons (Fsp3) is 0.400. The summed E-state index contributed by atoms with van der Waals surface area (Å²) >= 11 is 0. The van der Waals surface area contributed by atoms with Crippen LogP contribution in [0.2, 0.25) is 0 Å². The highest BCUT2D eigenvalue weighted by Gasteiger charge is 2.11. The summed E-state index contributed by atoms with van der Waals surface area (Å²) in [6.07, 6.45) is -0.426. The minimum Gasteiger partial charge on any atom is -0.492 e. The lowest BCUT2D eigenvalue weighted by Crippen LogP contribution is -2.38. The average molecular weight is 346 g/mol. The van der Waals surface area contributed by atoms with Crippen LogP contribution in [0.5, 0.6) is 5.75 Å². The van der Waals surface area contributed by atoms with Gasteiger partial charge in [0.2, 0.25) is 0 Å². The van der Waals surface area contributed by atoms with Gasteiger partial charge in [0.25, 0.3) is 0 Å². The Hall–Kier alpha value is -1.95. The molecule has 1 unspecified atom stereocenters. The molecule has 0 aliphatic carbocycles. The first-order valence-electron chi connectivity index (χ1n) is 8.50. The van der Waals surface area contributed by atoms with Crippen LogP contribution in [0.25, 0.3) is 0 Å². The molecule has 0 heterocycles. The van der Waals surface area contributed by atoms with Crippen LogP contribution < -0.4 is 4.74 Å². The topological polar surface area (TPSA) is 35.9 Å². The van der Waals surface area contributed by atoms with Gasteiger partial charge in [-0.05, 0) is 43.9 Å². The molecule has 0 aliphatic rings. The van der Waals surface area contributed by atoms with E-state index in [2.05, 4.69) is 17.0 Å². The van der Waals surface area contributed by atoms with Gasteiger partial charge in [-0.25, -0.2) is 4.39 Å². The van der Waals surface area contributed by atoms with Crippen molar-refractivity contribution < 1.29 is 14.2 Å². The molecule has 0 saturated carbocycles. The lowest BCUT2D eigenvalue weighted by atomic mass is 10.2. The van der Waals surface area contributed by atoms with Gasteiger partial charge in [0.05, 0.1) is 6.10 Å². The Balaban J connectivity index is 1.63. The number of hydrogen-bond donors (Lipinski definition) is 1. The molecule has 0 radical (unpaired) electrons. The highest BCUT2D eigenvalue weighted by atomic mass is 19.1. The third kappa shape index (κ3) is 7.65. The Bertz CT molecular complexity index is 607. The summed E-state index contributed by atoms with van der Waals surface area (Å²) in [4.78, 5) is 4.15. The minimum absolute atomic E-state index is 0.271. The molecule has 0 aromatic heterocycles. The number of hydrogen-bond acceptors (Lipinski definition) is 4. The number of aliphatic hydroxyl groups is 1. The number of nitrogens with zero attached hydrogens (tertiary/aromatic N) is 2. The standard InChI is InChI=1S/C20H27FN2O2/c1-22(12-13-25-20-10-8-18(21)9-11-20)15-19(24)16-23(2)14-17-6-4-3-5-7-17/h3-11,19,24H,12-16H2,1-2H3. The summed E-state index contributed by atoms with van der Waals surface area (Å²) in [5.41, 5.74) is 1.23. The van der Waals surface area contributed by atoms with Gasteiger partial charge < -0.3 is 14.7 Å². The van der Waals surface area contributed by atoms with Gasteiger partial charge in [0.15, 0.2) is 0 Å². The van der Waals surface area contributed by atoms with E-state index < -0.39 is 6.10 Å². The van der Waals surface area contributed by atoms with E-state index in [-0.39, 0.29) is 5.82 Å². The lowest BCUT2D eigenvalue weighted by molar-refractivity contribution is 0.0841. The maximum absolute atomic E-state index is 12.8. The summed E-state index contributed by atoms with van der Waals surface area (Å²) in [6, 6.07) is 16.2. The van der Waals surface area contributed by atoms with E-state index in [0.29, 0.717) is 32.0 Å². The lowest BCUT2D eigenvalue weighted by Gasteiger charge is -2.24. The molecule has 0 saturated heterocycles. The van der Waals surface area contributed by atoms with Crippen LogP contribution in [0.15, 0.2) is 54.6 Å². The van der Waals surface area contributed by atoms with Gasteiger partial charge in [-0.1, -0.05) is 30.3 Å². The fourth-order valence-corrected chi connectivity index (χ4v) is 2.68. The zero-order valence-electron chi connectivity index (χ0n) is 14.9. The number of benzene rings is 2. The molecule has 5 heteroatoms. The van der Waals surface area contributed by atoms with Crippen molar-refractivity contribution in [3.63, 3.8) is 0 Å². The van der Waals surface area contributed by atoms with Gasteiger partial charge in [-0.15, -0.1) is 0 Å². The smallest absolute Gasteiger partial charge is 0.123 e. The average Bonchev–Trinajstić information content (AvgIpc) is 2.57. The van der Waals surface area contributed by atoms with E-state index in [1.165, 1.54) is 17.7 Å². The quantitative estimate of drug-likeness (QED) is 0.717. The number of halogens is 1. The Morgan fingerprint density at radius 2 is 1.60 bits per heavy atom. The summed E-state index contributed by atoms with van der Waals surface area (Å²) in [6.45, 7) is 3.19. The van der Waals surface area contributed by atoms with E-state index in [4.69, 9.17) is 4.74 Å². The van der Waals surface area contributed by atoms with Crippen LogP contribution in [0.4, 0.5) is 4.39 Å². The predicted molar refractivity (Wildman–Crippen MR) is 98.2 cm³/mol. The molecule has 0 bridgehead atoms. The third-order valence-corrected chi connectivity index (χ3v) is 3.90. The minimum atomic E-state index is -0.426. The van der Waals surface area contributed by atoms with Crippen molar-refractivity contribution in [2.75, 3.05) is 40.3 Å². The molecule has 2 rings (SSSR count). The first-order valence-corrected chi connectivity index (χ1v) is 8.50. The molecule has 25 heavy (non-hydrogen) atoms. The second kappa shape index (κ2) is 10.1. The number of rotatable bonds is 10. The molecule has 1 N–H and O–H groups in total. The van der Waals surface area contributed by atoms with Crippen molar-refractivity contribution in [3.05, 3.63) is 66.0 Å². The molecule has 0 spiro atoms. The molecule has 2 aromatic rings. The van der Waals surface area contributed by atoms with Crippen LogP contribution in [0, 0.1) is 5.82 Å². The molecule has 0 aliphatic heterocycles. The second-order valence-electron chi connectivity index (χ2n) is 6.40. The summed E-state index contributed by atoms with van der Waals surface area (Å²) in [5, 5.41) is 10.2. The Morgan fingerprint density at radius 3 is 2.28 bits per heavy atom. The monoisotopic (exact) mass is 346 g/mol. The molecular weight excluding hydrogens is 319 g/mol. The van der Waals surface area contributed by atoms with Crippen molar-refractivity contribution in [2.45, 2.75) is 12.6 Å². The summed E-state index contributed by atoms with van der Waals surface area (Å²) < 4.78 is 18.4. The number of likely N-dealkylation sites (N-methyl/N-ethyl adjacent to an activating group) is 2. The van der Waals surface area contributed by atoms with E-state index in [1.807, 2.05) is 37.2 Å². The first kappa shape index (κ1) is 19.4. The van der Waals surface area contributed by atoms with E-state index in [9.17, 15) is 9.50 Å². The van der Waals surface area contributed by atoms with E-state index >= 15 is 0 Å². The van der Waals surface area contributed by atoms with Crippen LogP contribution in [-0.2, 0) is 6.54 Å². The Labute approximate surface area is 149 Å². The Kier molecular flexibility index (Phi) is 7.85. The third-order valence-electron chi connectivity index (χ3n) is 3.90. The van der Waals surface area contributed by atoms with Crippen LogP contribution in [0.3, 0.4) is 0 Å². The summed E-state index contributed by atoms with van der Waals surface area (Å²) in [5.74, 6) is 0.380. The highest BCUT2D eigenvalue weighted by molar-refractivity contribution is 5.22. The fourth-order valence-electron chi connectivity index (χ4n) is 2.68. The number of aliphatic hydroxyl groups excluding tert-OH is 1. The SMILES string of the molecule is CN(CCOc1ccc(F)cc1)CC(O)CN(C)Cc1ccccc1. The molecule has 4 nitrogen and oxygen atoms in total. The van der Waals surface area contributed by atoms with Crippen LogP contribution in [0.1, 0.15) is 5.56 Å². The first-order chi connectivity index (χ1) is 12.0. The highest BCUT2D eigenvalue weighted by Crippen LogP contribution is 2.10. The van der Waals surface area contributed by atoms with Gasteiger partial charge in [0.1, 0.15) is 18.2 Å². The normalized spacial score (nSPS) is 12.6. The van der Waals surface area contributed by atoms with Crippen LogP contribution >= 0.6 is 0 Å². The van der Waals surface area contributed by atoms with Gasteiger partial charge in [-0.2, -0.15) is 0 Å². The van der Waals surface area contributed by atoms with Crippen molar-refractivity contribution in [3.8, 4) is 5.75 Å². The Morgan fingerprint density at radius 1 is 0.960 bits per heavy atom. The molecule has 0 amide bonds. The van der Waals surface area contributed by atoms with Crippen molar-refractivity contribution in [2.24, 2.45) is 0 Å². The zero-order valence-corrected chi connectivity index (χ0v) is 14.9. The van der Waals surface area contributed by atoms with Gasteiger partial charge >= 0.3 is 0 Å².